The van der Waals surface area contributed by atoms with E-state index in [9.17, 15) is 4.79 Å². The summed E-state index contributed by atoms with van der Waals surface area (Å²) >= 11 is 5.87. The highest BCUT2D eigenvalue weighted by atomic mass is 35.5. The molecule has 0 saturated carbocycles. The van der Waals surface area contributed by atoms with Crippen LogP contribution in [0, 0.1) is 11.8 Å². The summed E-state index contributed by atoms with van der Waals surface area (Å²) in [6, 6.07) is 14.5. The first-order chi connectivity index (χ1) is 11.1. The van der Waals surface area contributed by atoms with Crippen LogP contribution < -0.4 is 15.5 Å². The van der Waals surface area contributed by atoms with Crippen LogP contribution in [0.15, 0.2) is 48.5 Å². The van der Waals surface area contributed by atoms with Gasteiger partial charge in [0.1, 0.15) is 0 Å². The number of carbonyl (C=O) groups is 1. The zero-order chi connectivity index (χ0) is 16.7. The lowest BCUT2D eigenvalue weighted by molar-refractivity contribution is 0.253. The van der Waals surface area contributed by atoms with E-state index in [0.717, 1.165) is 11.3 Å². The smallest absolute Gasteiger partial charge is 0.319 e. The molecule has 0 fully saturated rings. The average Bonchev–Trinajstić information content (AvgIpc) is 2.52. The van der Waals surface area contributed by atoms with E-state index < -0.39 is 0 Å². The summed E-state index contributed by atoms with van der Waals surface area (Å²) in [5, 5.41) is 5.96. The lowest BCUT2D eigenvalue weighted by atomic mass is 10.1. The normalized spacial score (nSPS) is 9.52. The van der Waals surface area contributed by atoms with Gasteiger partial charge in [-0.2, -0.15) is 0 Å². The number of amides is 2. The van der Waals surface area contributed by atoms with Crippen LogP contribution in [0.3, 0.4) is 0 Å². The Morgan fingerprint density at radius 1 is 1.17 bits per heavy atom. The van der Waals surface area contributed by atoms with Crippen molar-refractivity contribution in [3.8, 4) is 11.8 Å². The molecule has 0 spiro atoms. The second-order valence-electron chi connectivity index (χ2n) is 5.03. The second-order valence-corrected chi connectivity index (χ2v) is 5.47. The highest BCUT2D eigenvalue weighted by molar-refractivity contribution is 6.30. The molecule has 2 rings (SSSR count). The van der Waals surface area contributed by atoms with Gasteiger partial charge in [-0.15, -0.1) is 0 Å². The highest BCUT2D eigenvalue weighted by Crippen LogP contribution is 2.16. The van der Waals surface area contributed by atoms with Gasteiger partial charge in [0, 0.05) is 30.4 Å². The van der Waals surface area contributed by atoms with Crippen LogP contribution in [-0.2, 0) is 0 Å². The minimum Gasteiger partial charge on any atom is -0.377 e. The Bertz CT molecular complexity index is 747. The summed E-state index contributed by atoms with van der Waals surface area (Å²) in [7, 11) is 3.94. The third-order valence-corrected chi connectivity index (χ3v) is 3.26. The Kier molecular flexibility index (Phi) is 5.90. The summed E-state index contributed by atoms with van der Waals surface area (Å²) in [6.45, 7) is 0.258. The first-order valence-electron chi connectivity index (χ1n) is 7.12. The fourth-order valence-electron chi connectivity index (χ4n) is 1.97. The van der Waals surface area contributed by atoms with Crippen molar-refractivity contribution in [1.82, 2.24) is 5.32 Å². The van der Waals surface area contributed by atoms with Crippen molar-refractivity contribution in [1.29, 1.82) is 0 Å². The molecule has 0 heterocycles. The van der Waals surface area contributed by atoms with Crippen LogP contribution in [0.4, 0.5) is 16.2 Å². The number of hydrogen-bond acceptors (Lipinski definition) is 2. The fraction of sp³-hybridized carbons (Fsp3) is 0.167. The molecule has 2 amide bonds. The van der Waals surface area contributed by atoms with Crippen molar-refractivity contribution in [2.75, 3.05) is 30.9 Å². The Balaban J connectivity index is 1.89. The maximum Gasteiger partial charge on any atom is 0.319 e. The van der Waals surface area contributed by atoms with Crippen LogP contribution >= 0.6 is 11.6 Å². The number of nitrogens with zero attached hydrogens (tertiary/aromatic N) is 1. The molecule has 0 saturated heterocycles. The summed E-state index contributed by atoms with van der Waals surface area (Å²) < 4.78 is 0. The van der Waals surface area contributed by atoms with Gasteiger partial charge in [0.15, 0.2) is 0 Å². The lowest BCUT2D eigenvalue weighted by Gasteiger charge is -2.13. The van der Waals surface area contributed by atoms with Gasteiger partial charge in [-0.1, -0.05) is 41.6 Å². The highest BCUT2D eigenvalue weighted by Gasteiger charge is 2.01. The number of urea groups is 1. The van der Waals surface area contributed by atoms with Gasteiger partial charge in [0.05, 0.1) is 12.2 Å². The van der Waals surface area contributed by atoms with Gasteiger partial charge in [-0.25, -0.2) is 4.79 Å². The van der Waals surface area contributed by atoms with Gasteiger partial charge in [-0.3, -0.25) is 0 Å². The summed E-state index contributed by atoms with van der Waals surface area (Å²) in [6.07, 6.45) is 0. The van der Waals surface area contributed by atoms with E-state index in [4.69, 9.17) is 11.6 Å². The molecule has 5 heteroatoms. The van der Waals surface area contributed by atoms with Gasteiger partial charge in [0.2, 0.25) is 0 Å². The first-order valence-corrected chi connectivity index (χ1v) is 7.49. The zero-order valence-corrected chi connectivity index (χ0v) is 13.8. The van der Waals surface area contributed by atoms with Crippen molar-refractivity contribution in [3.63, 3.8) is 0 Å². The topological polar surface area (TPSA) is 44.4 Å². The van der Waals surface area contributed by atoms with Gasteiger partial charge < -0.3 is 15.5 Å². The van der Waals surface area contributed by atoms with Crippen LogP contribution in [0.5, 0.6) is 0 Å². The number of carbonyl (C=O) groups excluding carboxylic acids is 1. The number of anilines is 2. The number of hydrogen-bond donors (Lipinski definition) is 2. The summed E-state index contributed by atoms with van der Waals surface area (Å²) in [5.74, 6) is 6.02. The molecule has 0 unspecified atom stereocenters. The van der Waals surface area contributed by atoms with Crippen molar-refractivity contribution in [3.05, 3.63) is 59.1 Å². The van der Waals surface area contributed by atoms with Crippen molar-refractivity contribution in [2.45, 2.75) is 0 Å². The van der Waals surface area contributed by atoms with E-state index in [2.05, 4.69) is 22.5 Å². The molecule has 0 aliphatic carbocycles. The van der Waals surface area contributed by atoms with E-state index in [-0.39, 0.29) is 12.6 Å². The Labute approximate surface area is 141 Å². The van der Waals surface area contributed by atoms with Crippen LogP contribution in [-0.4, -0.2) is 26.7 Å². The molecule has 2 aromatic rings. The van der Waals surface area contributed by atoms with Crippen LogP contribution in [0.2, 0.25) is 5.02 Å². The molecule has 0 radical (unpaired) electrons. The van der Waals surface area contributed by atoms with Gasteiger partial charge in [0.25, 0.3) is 0 Å². The van der Waals surface area contributed by atoms with E-state index in [0.29, 0.717) is 10.7 Å². The molecule has 0 aliphatic heterocycles. The minimum absolute atomic E-state index is 0.258. The molecule has 2 N–H and O–H groups in total. The Morgan fingerprint density at radius 2 is 1.96 bits per heavy atom. The molecular weight excluding hydrogens is 310 g/mol. The van der Waals surface area contributed by atoms with Crippen molar-refractivity contribution >= 4 is 29.0 Å². The molecule has 2 aromatic carbocycles. The number of para-hydroxylation sites is 1. The zero-order valence-electron chi connectivity index (χ0n) is 13.1. The molecular formula is C18H18ClN3O. The quantitative estimate of drug-likeness (QED) is 0.846. The number of benzene rings is 2. The van der Waals surface area contributed by atoms with E-state index in [1.807, 2.05) is 43.3 Å². The molecule has 0 aromatic heterocycles. The van der Waals surface area contributed by atoms with Crippen LogP contribution in [0.1, 0.15) is 5.56 Å². The number of rotatable bonds is 3. The Morgan fingerprint density at radius 3 is 2.70 bits per heavy atom. The Hall–Kier alpha value is -2.64. The lowest BCUT2D eigenvalue weighted by Crippen LogP contribution is -2.28. The predicted octanol–water partition coefficient (Wildman–Crippen LogP) is 3.58. The third-order valence-electron chi connectivity index (χ3n) is 3.03. The molecule has 0 bridgehead atoms. The molecule has 4 nitrogen and oxygen atoms in total. The van der Waals surface area contributed by atoms with Crippen LogP contribution in [0.25, 0.3) is 0 Å². The fourth-order valence-corrected chi connectivity index (χ4v) is 2.17. The average molecular weight is 328 g/mol. The standard InChI is InChI=1S/C18H18ClN3O/c1-22(2)17-11-4-3-7-14(17)8-6-12-20-18(23)21-16-10-5-9-15(19)13-16/h3-5,7,9-11,13H,12H2,1-2H3,(H2,20,21,23). The van der Waals surface area contributed by atoms with Gasteiger partial charge >= 0.3 is 6.03 Å². The largest absolute Gasteiger partial charge is 0.377 e. The minimum atomic E-state index is -0.317. The maximum absolute atomic E-state index is 11.8. The van der Waals surface area contributed by atoms with E-state index in [1.165, 1.54) is 0 Å². The predicted molar refractivity (Wildman–Crippen MR) is 96.1 cm³/mol. The third kappa shape index (κ3) is 5.24. The first kappa shape index (κ1) is 16.7. The van der Waals surface area contributed by atoms with Crippen molar-refractivity contribution < 1.29 is 4.79 Å². The molecule has 0 atom stereocenters. The molecule has 0 aliphatic rings. The van der Waals surface area contributed by atoms with E-state index in [1.54, 1.807) is 24.3 Å². The summed E-state index contributed by atoms with van der Waals surface area (Å²) in [5.41, 5.74) is 2.61. The number of halogens is 1. The molecule has 23 heavy (non-hydrogen) atoms. The maximum atomic E-state index is 11.8. The SMILES string of the molecule is CN(C)c1ccccc1C#CCNC(=O)Nc1cccc(Cl)c1. The second kappa shape index (κ2) is 8.11. The van der Waals surface area contributed by atoms with Gasteiger partial charge in [-0.05, 0) is 30.3 Å². The van der Waals surface area contributed by atoms with E-state index >= 15 is 0 Å². The van der Waals surface area contributed by atoms with Crippen molar-refractivity contribution in [2.24, 2.45) is 0 Å². The molecule has 118 valence electrons. The number of nitrogens with one attached hydrogen (secondary N) is 2. The summed E-state index contributed by atoms with van der Waals surface area (Å²) in [4.78, 5) is 13.8. The monoisotopic (exact) mass is 327 g/mol.